The monoisotopic (exact) mass is 282 g/mol. The van der Waals surface area contributed by atoms with Crippen molar-refractivity contribution in [2.75, 3.05) is 14.1 Å². The molecule has 112 valence electrons. The molecule has 0 fully saturated rings. The summed E-state index contributed by atoms with van der Waals surface area (Å²) in [6.45, 7) is 4.53. The van der Waals surface area contributed by atoms with E-state index in [2.05, 4.69) is 10.3 Å². The van der Waals surface area contributed by atoms with Gasteiger partial charge < -0.3 is 10.0 Å². The maximum atomic E-state index is 11.5. The number of carboxylic acids is 1. The topological polar surface area (TPSA) is 88.3 Å². The lowest BCUT2D eigenvalue weighted by Gasteiger charge is -2.11. The van der Waals surface area contributed by atoms with Gasteiger partial charge in [0.2, 0.25) is 5.91 Å². The highest BCUT2D eigenvalue weighted by molar-refractivity contribution is 5.86. The quantitative estimate of drug-likeness (QED) is 0.807. The molecule has 0 radical (unpaired) electrons. The second kappa shape index (κ2) is 7.02. The first-order chi connectivity index (χ1) is 9.32. The highest BCUT2D eigenvalue weighted by atomic mass is 16.4. The van der Waals surface area contributed by atoms with E-state index in [-0.39, 0.29) is 11.6 Å². The van der Waals surface area contributed by atoms with Gasteiger partial charge in [-0.05, 0) is 18.8 Å². The van der Waals surface area contributed by atoms with Gasteiger partial charge in [-0.2, -0.15) is 0 Å². The Kier molecular flexibility index (Phi) is 5.66. The Hall–Kier alpha value is -1.92. The van der Waals surface area contributed by atoms with Crippen molar-refractivity contribution in [2.24, 2.45) is 5.92 Å². The summed E-state index contributed by atoms with van der Waals surface area (Å²) in [7, 11) is 3.43. The molecule has 0 aromatic carbocycles. The van der Waals surface area contributed by atoms with Crippen LogP contribution in [-0.4, -0.2) is 51.0 Å². The molecule has 0 saturated carbocycles. The number of carbonyl (C=O) groups is 2. The van der Waals surface area contributed by atoms with E-state index >= 15 is 0 Å². The third-order valence-electron chi connectivity index (χ3n) is 2.90. The molecule has 20 heavy (non-hydrogen) atoms. The molecule has 0 aliphatic rings. The summed E-state index contributed by atoms with van der Waals surface area (Å²) in [6.07, 6.45) is 1.64. The normalized spacial score (nSPS) is 10.8. The maximum absolute atomic E-state index is 11.5. The van der Waals surface area contributed by atoms with Crippen LogP contribution in [0.2, 0.25) is 0 Å². The lowest BCUT2D eigenvalue weighted by molar-refractivity contribution is -0.128. The highest BCUT2D eigenvalue weighted by Crippen LogP contribution is 2.13. The van der Waals surface area contributed by atoms with Crippen LogP contribution in [0.4, 0.5) is 0 Å². The number of hydrogen-bond acceptors (Lipinski definition) is 4. The molecule has 1 aromatic heterocycles. The molecular weight excluding hydrogens is 260 g/mol. The lowest BCUT2D eigenvalue weighted by Crippen LogP contribution is -2.22. The van der Waals surface area contributed by atoms with Crippen molar-refractivity contribution in [2.45, 2.75) is 39.7 Å². The molecule has 0 spiro atoms. The van der Waals surface area contributed by atoms with Crippen molar-refractivity contribution in [3.63, 3.8) is 0 Å². The minimum absolute atomic E-state index is 0.0117. The fourth-order valence-corrected chi connectivity index (χ4v) is 1.87. The molecule has 0 saturated heterocycles. The number of aryl methyl sites for hydroxylation is 1. The van der Waals surface area contributed by atoms with Crippen LogP contribution in [0, 0.1) is 5.92 Å². The first-order valence-electron chi connectivity index (χ1n) is 6.68. The van der Waals surface area contributed by atoms with Gasteiger partial charge in [0.1, 0.15) is 0 Å². The van der Waals surface area contributed by atoms with Gasteiger partial charge >= 0.3 is 5.97 Å². The van der Waals surface area contributed by atoms with Crippen molar-refractivity contribution in [3.8, 4) is 0 Å². The summed E-state index contributed by atoms with van der Waals surface area (Å²) >= 11 is 0. The molecule has 1 amide bonds. The van der Waals surface area contributed by atoms with Gasteiger partial charge in [0.15, 0.2) is 5.69 Å². The lowest BCUT2D eigenvalue weighted by atomic mass is 10.1. The van der Waals surface area contributed by atoms with Crippen molar-refractivity contribution in [1.29, 1.82) is 0 Å². The number of rotatable bonds is 7. The van der Waals surface area contributed by atoms with E-state index in [0.717, 1.165) is 0 Å². The minimum atomic E-state index is -1.06. The van der Waals surface area contributed by atoms with E-state index < -0.39 is 5.97 Å². The van der Waals surface area contributed by atoms with Crippen LogP contribution < -0.4 is 0 Å². The van der Waals surface area contributed by atoms with Crippen molar-refractivity contribution < 1.29 is 14.7 Å². The van der Waals surface area contributed by atoms with Gasteiger partial charge in [0.05, 0.1) is 5.69 Å². The number of carbonyl (C=O) groups excluding carboxylic acids is 1. The smallest absolute Gasteiger partial charge is 0.358 e. The van der Waals surface area contributed by atoms with Gasteiger partial charge in [-0.25, -0.2) is 9.48 Å². The zero-order valence-corrected chi connectivity index (χ0v) is 12.5. The van der Waals surface area contributed by atoms with Gasteiger partial charge in [0.25, 0.3) is 0 Å². The van der Waals surface area contributed by atoms with E-state index in [1.807, 2.05) is 13.8 Å². The number of carboxylic acid groups (broad SMARTS) is 1. The summed E-state index contributed by atoms with van der Waals surface area (Å²) in [5.74, 6) is -0.695. The highest BCUT2D eigenvalue weighted by Gasteiger charge is 2.19. The average Bonchev–Trinajstić information content (AvgIpc) is 2.71. The van der Waals surface area contributed by atoms with Crippen LogP contribution in [0.25, 0.3) is 0 Å². The Balaban J connectivity index is 2.74. The first kappa shape index (κ1) is 16.1. The predicted octanol–water partition coefficient (Wildman–Crippen LogP) is 1.04. The molecule has 0 aliphatic carbocycles. The van der Waals surface area contributed by atoms with E-state index in [4.69, 9.17) is 5.11 Å². The van der Waals surface area contributed by atoms with Crippen molar-refractivity contribution >= 4 is 11.9 Å². The number of nitrogens with zero attached hydrogens (tertiary/aromatic N) is 4. The van der Waals surface area contributed by atoms with Crippen LogP contribution in [0.5, 0.6) is 0 Å². The van der Waals surface area contributed by atoms with E-state index in [1.54, 1.807) is 23.7 Å². The molecule has 1 heterocycles. The molecule has 1 aromatic rings. The van der Waals surface area contributed by atoms with E-state index in [1.165, 1.54) is 0 Å². The third-order valence-corrected chi connectivity index (χ3v) is 2.90. The van der Waals surface area contributed by atoms with Crippen LogP contribution in [0.3, 0.4) is 0 Å². The SMILES string of the molecule is CC(C)Cc1c(C(=O)O)nnn1CCCC(=O)N(C)C. The minimum Gasteiger partial charge on any atom is -0.476 e. The summed E-state index contributed by atoms with van der Waals surface area (Å²) in [6, 6.07) is 0. The third kappa shape index (κ3) is 4.32. The summed E-state index contributed by atoms with van der Waals surface area (Å²) in [5, 5.41) is 16.7. The summed E-state index contributed by atoms with van der Waals surface area (Å²) in [5.41, 5.74) is 0.641. The Morgan fingerprint density at radius 2 is 2.00 bits per heavy atom. The van der Waals surface area contributed by atoms with Crippen molar-refractivity contribution in [1.82, 2.24) is 19.9 Å². The van der Waals surface area contributed by atoms with Crippen LogP contribution >= 0.6 is 0 Å². The molecule has 1 rings (SSSR count). The largest absolute Gasteiger partial charge is 0.476 e. The second-order valence-corrected chi connectivity index (χ2v) is 5.40. The van der Waals surface area contributed by atoms with E-state index in [0.29, 0.717) is 37.4 Å². The van der Waals surface area contributed by atoms with Gasteiger partial charge in [-0.1, -0.05) is 19.1 Å². The molecule has 7 heteroatoms. The molecule has 0 unspecified atom stereocenters. The molecule has 0 bridgehead atoms. The van der Waals surface area contributed by atoms with Gasteiger partial charge in [-0.15, -0.1) is 5.10 Å². The zero-order chi connectivity index (χ0) is 15.3. The number of aromatic nitrogens is 3. The van der Waals surface area contributed by atoms with Gasteiger partial charge in [-0.3, -0.25) is 4.79 Å². The number of hydrogen-bond donors (Lipinski definition) is 1. The Morgan fingerprint density at radius 3 is 2.50 bits per heavy atom. The number of amides is 1. The molecule has 0 atom stereocenters. The maximum Gasteiger partial charge on any atom is 0.358 e. The molecular formula is C13H22N4O3. The fraction of sp³-hybridized carbons (Fsp3) is 0.692. The average molecular weight is 282 g/mol. The standard InChI is InChI=1S/C13H22N4O3/c1-9(2)8-10-12(13(19)20)14-15-17(10)7-5-6-11(18)16(3)4/h9H,5-8H2,1-4H3,(H,19,20). The summed E-state index contributed by atoms with van der Waals surface area (Å²) in [4.78, 5) is 24.1. The van der Waals surface area contributed by atoms with Crippen LogP contribution in [-0.2, 0) is 17.8 Å². The summed E-state index contributed by atoms with van der Waals surface area (Å²) < 4.78 is 1.60. The Labute approximate surface area is 118 Å². The molecule has 1 N–H and O–H groups in total. The Morgan fingerprint density at radius 1 is 1.35 bits per heavy atom. The van der Waals surface area contributed by atoms with Gasteiger partial charge in [0, 0.05) is 27.1 Å². The zero-order valence-electron chi connectivity index (χ0n) is 12.5. The first-order valence-corrected chi connectivity index (χ1v) is 6.68. The molecule has 0 aliphatic heterocycles. The van der Waals surface area contributed by atoms with Crippen molar-refractivity contribution in [3.05, 3.63) is 11.4 Å². The predicted molar refractivity (Wildman–Crippen MR) is 73.5 cm³/mol. The molecule has 7 nitrogen and oxygen atoms in total. The van der Waals surface area contributed by atoms with Crippen LogP contribution in [0.15, 0.2) is 0 Å². The number of aromatic carboxylic acids is 1. The fourth-order valence-electron chi connectivity index (χ4n) is 1.87. The Bertz CT molecular complexity index is 480. The van der Waals surface area contributed by atoms with Crippen LogP contribution in [0.1, 0.15) is 42.9 Å². The second-order valence-electron chi connectivity index (χ2n) is 5.40. The van der Waals surface area contributed by atoms with E-state index in [9.17, 15) is 9.59 Å².